The molecular weight excluding hydrogens is 295 g/mol. The van der Waals surface area contributed by atoms with E-state index in [0.717, 1.165) is 0 Å². The first-order valence-electron chi connectivity index (χ1n) is 6.44. The highest BCUT2D eigenvalue weighted by molar-refractivity contribution is 7.90. The van der Waals surface area contributed by atoms with Crippen LogP contribution in [0.15, 0.2) is 24.3 Å². The lowest BCUT2D eigenvalue weighted by Gasteiger charge is -2.30. The van der Waals surface area contributed by atoms with Crippen molar-refractivity contribution in [3.05, 3.63) is 35.6 Å². The molecule has 1 aromatic rings. The van der Waals surface area contributed by atoms with Crippen molar-refractivity contribution in [3.63, 3.8) is 0 Å². The summed E-state index contributed by atoms with van der Waals surface area (Å²) in [5.41, 5.74) is 6.00. The van der Waals surface area contributed by atoms with Gasteiger partial charge in [-0.15, -0.1) is 4.72 Å². The van der Waals surface area contributed by atoms with Gasteiger partial charge in [-0.1, -0.05) is 18.2 Å². The van der Waals surface area contributed by atoms with Crippen LogP contribution < -0.4 is 10.5 Å². The van der Waals surface area contributed by atoms with Gasteiger partial charge in [0.25, 0.3) is 0 Å². The number of nitrogens with two attached hydrogens (primary N) is 1. The van der Waals surface area contributed by atoms with Gasteiger partial charge in [0.05, 0.1) is 7.11 Å². The van der Waals surface area contributed by atoms with E-state index in [1.807, 2.05) is 0 Å². The molecule has 0 heterocycles. The summed E-state index contributed by atoms with van der Waals surface area (Å²) in [5.74, 6) is -1.23. The first-order chi connectivity index (χ1) is 9.68. The Labute approximate surface area is 127 Å². The fourth-order valence-corrected chi connectivity index (χ4v) is 2.48. The van der Waals surface area contributed by atoms with Crippen LogP contribution in [0.3, 0.4) is 0 Å². The minimum Gasteiger partial charge on any atom is -0.598 e. The Hall–Kier alpha value is -1.15. The van der Waals surface area contributed by atoms with Gasteiger partial charge in [0.15, 0.2) is 0 Å². The molecule has 0 spiro atoms. The smallest absolute Gasteiger partial charge is 0.324 e. The molecule has 1 aromatic carbocycles. The summed E-state index contributed by atoms with van der Waals surface area (Å²) in [6, 6.07) is 3.79. The molecule has 0 fully saturated rings. The average molecular weight is 316 g/mol. The van der Waals surface area contributed by atoms with Crippen molar-refractivity contribution in [2.24, 2.45) is 5.73 Å². The van der Waals surface area contributed by atoms with E-state index >= 15 is 0 Å². The Morgan fingerprint density at radius 2 is 2.00 bits per heavy atom. The van der Waals surface area contributed by atoms with E-state index in [1.54, 1.807) is 26.8 Å². The Bertz CT molecular complexity index is 493. The van der Waals surface area contributed by atoms with Gasteiger partial charge in [0, 0.05) is 16.9 Å². The molecule has 0 aromatic heterocycles. The van der Waals surface area contributed by atoms with Crippen molar-refractivity contribution in [2.45, 2.75) is 37.6 Å². The van der Waals surface area contributed by atoms with Crippen molar-refractivity contribution in [3.8, 4) is 0 Å². The number of carbonyl (C=O) groups is 1. The normalized spacial score (nSPS) is 16.1. The number of hydrogen-bond acceptors (Lipinski definition) is 5. The molecule has 7 heteroatoms. The topological polar surface area (TPSA) is 87.4 Å². The summed E-state index contributed by atoms with van der Waals surface area (Å²) in [6.45, 7) is 5.29. The average Bonchev–Trinajstić information content (AvgIpc) is 2.42. The summed E-state index contributed by atoms with van der Waals surface area (Å²) < 4.78 is 33.0. The van der Waals surface area contributed by atoms with Crippen LogP contribution in [0, 0.1) is 5.82 Å². The first kappa shape index (κ1) is 17.9. The predicted molar refractivity (Wildman–Crippen MR) is 80.2 cm³/mol. The molecule has 0 aliphatic heterocycles. The quantitative estimate of drug-likeness (QED) is 0.633. The van der Waals surface area contributed by atoms with Crippen molar-refractivity contribution in [1.82, 2.24) is 4.72 Å². The fraction of sp³-hybridized carbons (Fsp3) is 0.500. The van der Waals surface area contributed by atoms with Gasteiger partial charge in [-0.2, -0.15) is 0 Å². The molecule has 0 bridgehead atoms. The zero-order valence-electron chi connectivity index (χ0n) is 12.6. The first-order valence-corrected chi connectivity index (χ1v) is 7.59. The third-order valence-electron chi connectivity index (χ3n) is 2.86. The lowest BCUT2D eigenvalue weighted by molar-refractivity contribution is -0.142. The molecule has 0 saturated carbocycles. The molecule has 0 radical (unpaired) electrons. The molecule has 0 aliphatic rings. The summed E-state index contributed by atoms with van der Waals surface area (Å²) in [7, 11) is 1.20. The van der Waals surface area contributed by atoms with Crippen LogP contribution in [-0.2, 0) is 20.9 Å². The summed E-state index contributed by atoms with van der Waals surface area (Å²) in [6.07, 6.45) is 0. The minimum atomic E-state index is -1.52. The molecule has 5 nitrogen and oxygen atoms in total. The minimum absolute atomic E-state index is 0.174. The third-order valence-corrected chi connectivity index (χ3v) is 4.44. The molecule has 0 saturated heterocycles. The van der Waals surface area contributed by atoms with Gasteiger partial charge in [-0.3, -0.25) is 4.79 Å². The molecule has 1 unspecified atom stereocenters. The maximum Gasteiger partial charge on any atom is 0.324 e. The van der Waals surface area contributed by atoms with E-state index in [2.05, 4.69) is 9.46 Å². The van der Waals surface area contributed by atoms with Crippen LogP contribution in [0.25, 0.3) is 0 Å². The van der Waals surface area contributed by atoms with Crippen molar-refractivity contribution >= 4 is 17.3 Å². The summed E-state index contributed by atoms with van der Waals surface area (Å²) >= 11 is -1.52. The van der Waals surface area contributed by atoms with E-state index in [-0.39, 0.29) is 5.56 Å². The number of halogens is 1. The van der Waals surface area contributed by atoms with Crippen LogP contribution in [0.1, 0.15) is 32.4 Å². The second-order valence-electron chi connectivity index (χ2n) is 5.55. The monoisotopic (exact) mass is 316 g/mol. The SMILES string of the molecule is COC(=O)[C@@H](N)[C@H](N[S+]([O-])C(C)(C)C)c1ccccc1F. The molecule has 1 rings (SSSR count). The zero-order chi connectivity index (χ0) is 16.2. The number of rotatable bonds is 5. The summed E-state index contributed by atoms with van der Waals surface area (Å²) in [4.78, 5) is 11.7. The highest BCUT2D eigenvalue weighted by Crippen LogP contribution is 2.24. The maximum absolute atomic E-state index is 14.0. The predicted octanol–water partition coefficient (Wildman–Crippen LogP) is 1.42. The van der Waals surface area contributed by atoms with E-state index < -0.39 is 40.0 Å². The molecule has 0 aliphatic carbocycles. The molecule has 118 valence electrons. The Kier molecular flexibility index (Phi) is 6.15. The Morgan fingerprint density at radius 1 is 1.43 bits per heavy atom. The highest BCUT2D eigenvalue weighted by Gasteiger charge is 2.36. The van der Waals surface area contributed by atoms with Gasteiger partial charge in [-0.05, 0) is 26.8 Å². The lowest BCUT2D eigenvalue weighted by Crippen LogP contribution is -2.50. The van der Waals surface area contributed by atoms with Crippen molar-refractivity contribution in [2.75, 3.05) is 7.11 Å². The second kappa shape index (κ2) is 7.22. The Morgan fingerprint density at radius 3 is 2.48 bits per heavy atom. The molecule has 21 heavy (non-hydrogen) atoms. The highest BCUT2D eigenvalue weighted by atomic mass is 32.2. The Balaban J connectivity index is 3.12. The lowest BCUT2D eigenvalue weighted by atomic mass is 10.0. The van der Waals surface area contributed by atoms with Gasteiger partial charge in [-0.25, -0.2) is 4.39 Å². The number of hydrogen-bond donors (Lipinski definition) is 2. The van der Waals surface area contributed by atoms with Gasteiger partial charge < -0.3 is 15.0 Å². The van der Waals surface area contributed by atoms with Crippen LogP contribution >= 0.6 is 0 Å². The van der Waals surface area contributed by atoms with Gasteiger partial charge in [0.1, 0.15) is 22.6 Å². The largest absolute Gasteiger partial charge is 0.598 e. The number of carbonyl (C=O) groups excluding carboxylic acids is 1. The van der Waals surface area contributed by atoms with Crippen molar-refractivity contribution in [1.29, 1.82) is 0 Å². The van der Waals surface area contributed by atoms with Crippen molar-refractivity contribution < 1.29 is 18.5 Å². The van der Waals surface area contributed by atoms with E-state index in [9.17, 15) is 13.7 Å². The molecule has 0 amide bonds. The number of esters is 1. The third kappa shape index (κ3) is 4.67. The van der Waals surface area contributed by atoms with Crippen LogP contribution in [0.4, 0.5) is 4.39 Å². The van der Waals surface area contributed by atoms with E-state index in [4.69, 9.17) is 5.73 Å². The molecular formula is C14H21FN2O3S. The standard InChI is InChI=1S/C14H21FN2O3S/c1-14(2,3)21(19)17-12(11(16)13(18)20-4)9-7-5-6-8-10(9)15/h5-8,11-12,17H,16H2,1-4H3/t11-,12+,21?/m0/s1. The number of methoxy groups -OCH3 is 1. The second-order valence-corrected chi connectivity index (χ2v) is 7.54. The van der Waals surface area contributed by atoms with Crippen LogP contribution in [0.5, 0.6) is 0 Å². The van der Waals surface area contributed by atoms with Gasteiger partial charge in [0.2, 0.25) is 0 Å². The maximum atomic E-state index is 14.0. The number of ether oxygens (including phenoxy) is 1. The van der Waals surface area contributed by atoms with Crippen LogP contribution in [0.2, 0.25) is 0 Å². The zero-order valence-corrected chi connectivity index (χ0v) is 13.4. The van der Waals surface area contributed by atoms with Crippen LogP contribution in [-0.4, -0.2) is 28.4 Å². The van der Waals surface area contributed by atoms with Gasteiger partial charge >= 0.3 is 5.97 Å². The number of benzene rings is 1. The fourth-order valence-electron chi connectivity index (χ4n) is 1.62. The summed E-state index contributed by atoms with van der Waals surface area (Å²) in [5, 5.41) is 0. The van der Waals surface area contributed by atoms with E-state index in [0.29, 0.717) is 0 Å². The number of nitrogens with one attached hydrogen (secondary N) is 1. The molecule has 3 N–H and O–H groups in total. The van der Waals surface area contributed by atoms with E-state index in [1.165, 1.54) is 25.3 Å². The molecule has 3 atom stereocenters.